The molecule has 1 aromatic rings. The van der Waals surface area contributed by atoms with Gasteiger partial charge in [-0.2, -0.15) is 11.8 Å². The van der Waals surface area contributed by atoms with Gasteiger partial charge in [0.1, 0.15) is 5.78 Å². The van der Waals surface area contributed by atoms with Gasteiger partial charge >= 0.3 is 0 Å². The summed E-state index contributed by atoms with van der Waals surface area (Å²) in [5.74, 6) is 2.01. The van der Waals surface area contributed by atoms with Crippen molar-refractivity contribution in [1.29, 1.82) is 0 Å². The van der Waals surface area contributed by atoms with Crippen LogP contribution in [0.3, 0.4) is 0 Å². The molecule has 0 amide bonds. The average Bonchev–Trinajstić information content (AvgIpc) is 2.20. The highest BCUT2D eigenvalue weighted by molar-refractivity contribution is 7.99. The largest absolute Gasteiger partial charge is 0.298 e. The maximum Gasteiger partial charge on any atom is 0.147 e. The summed E-state index contributed by atoms with van der Waals surface area (Å²) in [6, 6.07) is 3.78. The van der Waals surface area contributed by atoms with Crippen molar-refractivity contribution in [2.75, 3.05) is 11.5 Å². The van der Waals surface area contributed by atoms with Gasteiger partial charge in [-0.3, -0.25) is 9.78 Å². The van der Waals surface area contributed by atoms with Crippen LogP contribution in [0, 0.1) is 0 Å². The molecular formula is C11H15NOS. The molecule has 2 nitrogen and oxygen atoms in total. The second-order valence-electron chi connectivity index (χ2n) is 3.12. The highest BCUT2D eigenvalue weighted by atomic mass is 32.2. The number of nitrogens with zero attached hydrogens (tertiary/aromatic N) is 1. The topological polar surface area (TPSA) is 30.0 Å². The first-order chi connectivity index (χ1) is 6.83. The SMILES string of the molecule is CCCSCC(=O)Cc1ccncc1. The van der Waals surface area contributed by atoms with Crippen molar-refractivity contribution in [3.8, 4) is 0 Å². The number of thioether (sulfide) groups is 1. The van der Waals surface area contributed by atoms with E-state index in [9.17, 15) is 4.79 Å². The highest BCUT2D eigenvalue weighted by Crippen LogP contribution is 2.05. The fraction of sp³-hybridized carbons (Fsp3) is 0.455. The van der Waals surface area contributed by atoms with Crippen LogP contribution < -0.4 is 0 Å². The van der Waals surface area contributed by atoms with Gasteiger partial charge in [-0.25, -0.2) is 0 Å². The molecule has 0 N–H and O–H groups in total. The summed E-state index contributed by atoms with van der Waals surface area (Å²) in [6.45, 7) is 2.13. The molecular weight excluding hydrogens is 194 g/mol. The van der Waals surface area contributed by atoms with Crippen LogP contribution in [-0.2, 0) is 11.2 Å². The molecule has 0 aliphatic rings. The minimum atomic E-state index is 0.301. The van der Waals surface area contributed by atoms with Crippen molar-refractivity contribution in [2.24, 2.45) is 0 Å². The third kappa shape index (κ3) is 4.42. The second kappa shape index (κ2) is 6.60. The monoisotopic (exact) mass is 209 g/mol. The Morgan fingerprint density at radius 3 is 2.79 bits per heavy atom. The van der Waals surface area contributed by atoms with Crippen LogP contribution in [0.25, 0.3) is 0 Å². The third-order valence-corrected chi connectivity index (χ3v) is 2.99. The lowest BCUT2D eigenvalue weighted by Gasteiger charge is -2.00. The number of carbonyl (C=O) groups is 1. The summed E-state index contributed by atoms with van der Waals surface area (Å²) >= 11 is 1.72. The van der Waals surface area contributed by atoms with Crippen LogP contribution in [0.15, 0.2) is 24.5 Å². The second-order valence-corrected chi connectivity index (χ2v) is 4.23. The Labute approximate surface area is 89.1 Å². The quantitative estimate of drug-likeness (QED) is 0.674. The molecule has 0 bridgehead atoms. The Morgan fingerprint density at radius 1 is 1.43 bits per heavy atom. The number of Topliss-reactive ketones (excluding diaryl/α,β-unsaturated/α-hetero) is 1. The fourth-order valence-electron chi connectivity index (χ4n) is 1.11. The number of aromatic nitrogens is 1. The van der Waals surface area contributed by atoms with Gasteiger partial charge in [0.05, 0.1) is 5.75 Å². The zero-order valence-electron chi connectivity index (χ0n) is 8.40. The van der Waals surface area contributed by atoms with Crippen molar-refractivity contribution >= 4 is 17.5 Å². The van der Waals surface area contributed by atoms with Crippen LogP contribution in [0.4, 0.5) is 0 Å². The summed E-state index contributed by atoms with van der Waals surface area (Å²) in [5.41, 5.74) is 1.06. The number of ketones is 1. The Morgan fingerprint density at radius 2 is 2.14 bits per heavy atom. The van der Waals surface area contributed by atoms with Crippen LogP contribution in [0.2, 0.25) is 0 Å². The smallest absolute Gasteiger partial charge is 0.147 e. The number of hydrogen-bond acceptors (Lipinski definition) is 3. The number of hydrogen-bond donors (Lipinski definition) is 0. The molecule has 0 aliphatic carbocycles. The summed E-state index contributed by atoms with van der Waals surface area (Å²) in [5, 5.41) is 0. The molecule has 0 saturated heterocycles. The molecule has 1 heterocycles. The van der Waals surface area contributed by atoms with Crippen molar-refractivity contribution in [1.82, 2.24) is 4.98 Å². The molecule has 1 rings (SSSR count). The van der Waals surface area contributed by atoms with Gasteiger partial charge in [0, 0.05) is 18.8 Å². The Hall–Kier alpha value is -0.830. The molecule has 0 unspecified atom stereocenters. The maximum absolute atomic E-state index is 11.4. The van der Waals surface area contributed by atoms with Gasteiger partial charge in [-0.15, -0.1) is 0 Å². The van der Waals surface area contributed by atoms with E-state index in [4.69, 9.17) is 0 Å². The normalized spacial score (nSPS) is 10.1. The molecule has 0 spiro atoms. The minimum Gasteiger partial charge on any atom is -0.298 e. The Balaban J connectivity index is 2.27. The zero-order chi connectivity index (χ0) is 10.2. The summed E-state index contributed by atoms with van der Waals surface area (Å²) in [6.07, 6.45) is 5.12. The summed E-state index contributed by atoms with van der Waals surface area (Å²) in [7, 11) is 0. The predicted molar refractivity (Wildman–Crippen MR) is 60.6 cm³/mol. The van der Waals surface area contributed by atoms with E-state index in [0.29, 0.717) is 18.0 Å². The van der Waals surface area contributed by atoms with E-state index in [2.05, 4.69) is 11.9 Å². The third-order valence-electron chi connectivity index (χ3n) is 1.76. The molecule has 0 atom stereocenters. The number of pyridine rings is 1. The summed E-state index contributed by atoms with van der Waals surface area (Å²) in [4.78, 5) is 15.4. The molecule has 0 radical (unpaired) electrons. The minimum absolute atomic E-state index is 0.301. The lowest BCUT2D eigenvalue weighted by Crippen LogP contribution is -2.06. The average molecular weight is 209 g/mol. The van der Waals surface area contributed by atoms with E-state index < -0.39 is 0 Å². The van der Waals surface area contributed by atoms with Crippen LogP contribution in [0.5, 0.6) is 0 Å². The standard InChI is InChI=1S/C11H15NOS/c1-2-7-14-9-11(13)8-10-3-5-12-6-4-10/h3-6H,2,7-9H2,1H3. The van der Waals surface area contributed by atoms with Gasteiger partial charge < -0.3 is 0 Å². The van der Waals surface area contributed by atoms with Crippen molar-refractivity contribution in [3.05, 3.63) is 30.1 Å². The van der Waals surface area contributed by atoms with Gasteiger partial charge in [0.25, 0.3) is 0 Å². The first kappa shape index (κ1) is 11.2. The lowest BCUT2D eigenvalue weighted by molar-refractivity contribution is -0.116. The van der Waals surface area contributed by atoms with Gasteiger partial charge in [-0.1, -0.05) is 6.92 Å². The van der Waals surface area contributed by atoms with Gasteiger partial charge in [-0.05, 0) is 29.9 Å². The molecule has 0 aromatic carbocycles. The maximum atomic E-state index is 11.4. The van der Waals surface area contributed by atoms with E-state index >= 15 is 0 Å². The lowest BCUT2D eigenvalue weighted by atomic mass is 10.1. The van der Waals surface area contributed by atoms with Gasteiger partial charge in [0.15, 0.2) is 0 Å². The van der Waals surface area contributed by atoms with Gasteiger partial charge in [0.2, 0.25) is 0 Å². The van der Waals surface area contributed by atoms with Crippen LogP contribution in [0.1, 0.15) is 18.9 Å². The number of carbonyl (C=O) groups excluding carboxylic acids is 1. The van der Waals surface area contributed by atoms with E-state index in [1.165, 1.54) is 0 Å². The molecule has 0 saturated carbocycles. The molecule has 14 heavy (non-hydrogen) atoms. The molecule has 1 aromatic heterocycles. The first-order valence-electron chi connectivity index (χ1n) is 4.81. The molecule has 3 heteroatoms. The van der Waals surface area contributed by atoms with E-state index in [0.717, 1.165) is 17.7 Å². The fourth-order valence-corrected chi connectivity index (χ4v) is 1.87. The van der Waals surface area contributed by atoms with E-state index in [1.54, 1.807) is 24.2 Å². The van der Waals surface area contributed by atoms with E-state index in [-0.39, 0.29) is 0 Å². The highest BCUT2D eigenvalue weighted by Gasteiger charge is 2.02. The molecule has 0 aliphatic heterocycles. The molecule has 0 fully saturated rings. The van der Waals surface area contributed by atoms with Crippen molar-refractivity contribution < 1.29 is 4.79 Å². The zero-order valence-corrected chi connectivity index (χ0v) is 9.22. The number of rotatable bonds is 6. The van der Waals surface area contributed by atoms with Crippen molar-refractivity contribution in [2.45, 2.75) is 19.8 Å². The van der Waals surface area contributed by atoms with Crippen LogP contribution in [-0.4, -0.2) is 22.3 Å². The first-order valence-corrected chi connectivity index (χ1v) is 5.96. The van der Waals surface area contributed by atoms with Crippen molar-refractivity contribution in [3.63, 3.8) is 0 Å². The van der Waals surface area contributed by atoms with E-state index in [1.807, 2.05) is 12.1 Å². The molecule has 76 valence electrons. The summed E-state index contributed by atoms with van der Waals surface area (Å²) < 4.78 is 0. The predicted octanol–water partition coefficient (Wildman–Crippen LogP) is 2.34. The Bertz CT molecular complexity index is 274. The van der Waals surface area contributed by atoms with Crippen LogP contribution >= 0.6 is 11.8 Å². The Kier molecular flexibility index (Phi) is 5.30.